The summed E-state index contributed by atoms with van der Waals surface area (Å²) in [5, 5.41) is 0. The monoisotopic (exact) mass is 266 g/mol. The van der Waals surface area contributed by atoms with E-state index in [9.17, 15) is 4.79 Å². The van der Waals surface area contributed by atoms with Gasteiger partial charge in [0.15, 0.2) is 5.78 Å². The Morgan fingerprint density at radius 3 is 2.24 bits per heavy atom. The van der Waals surface area contributed by atoms with Gasteiger partial charge in [0.2, 0.25) is 0 Å². The number of hydrogen-bond acceptors (Lipinski definition) is 4. The molecule has 0 amide bonds. The second-order valence-corrected chi connectivity index (χ2v) is 6.11. The van der Waals surface area contributed by atoms with Gasteiger partial charge < -0.3 is 4.74 Å². The fraction of sp³-hybridized carbons (Fsp3) is 0.308. The number of methoxy groups -OCH3 is 1. The van der Waals surface area contributed by atoms with Crippen molar-refractivity contribution in [3.05, 3.63) is 34.1 Å². The maximum Gasteiger partial charge on any atom is 0.162 e. The summed E-state index contributed by atoms with van der Waals surface area (Å²) in [5.74, 6) is 3.13. The Hall–Kier alpha value is -0.870. The first-order valence-corrected chi connectivity index (χ1v) is 7.34. The van der Waals surface area contributed by atoms with Crippen molar-refractivity contribution < 1.29 is 9.53 Å². The molecule has 1 fully saturated rings. The van der Waals surface area contributed by atoms with Gasteiger partial charge >= 0.3 is 0 Å². The third kappa shape index (κ3) is 2.87. The van der Waals surface area contributed by atoms with Gasteiger partial charge in [-0.15, -0.1) is 23.5 Å². The fourth-order valence-corrected chi connectivity index (χ4v) is 4.36. The molecule has 0 aliphatic carbocycles. The Bertz CT molecular complexity index is 441. The molecule has 0 saturated carbocycles. The van der Waals surface area contributed by atoms with E-state index in [-0.39, 0.29) is 5.78 Å². The maximum atomic E-state index is 11.8. The first-order valence-electron chi connectivity index (χ1n) is 5.37. The van der Waals surface area contributed by atoms with Gasteiger partial charge in [-0.1, -0.05) is 12.1 Å². The number of thioether (sulfide) groups is 2. The molecule has 2 rings (SSSR count). The van der Waals surface area contributed by atoms with Crippen molar-refractivity contribution >= 4 is 34.9 Å². The predicted octanol–water partition coefficient (Wildman–Crippen LogP) is 3.43. The van der Waals surface area contributed by atoms with E-state index in [0.717, 1.165) is 32.6 Å². The van der Waals surface area contributed by atoms with E-state index >= 15 is 0 Å². The molecular weight excluding hydrogens is 252 g/mol. The second kappa shape index (κ2) is 5.65. The van der Waals surface area contributed by atoms with Crippen LogP contribution >= 0.6 is 23.5 Å². The summed E-state index contributed by atoms with van der Waals surface area (Å²) in [6.45, 7) is 1.63. The summed E-state index contributed by atoms with van der Waals surface area (Å²) in [4.78, 5) is 11.8. The van der Waals surface area contributed by atoms with Crippen LogP contribution in [0, 0.1) is 0 Å². The molecule has 1 heterocycles. The molecule has 0 atom stereocenters. The van der Waals surface area contributed by atoms with Crippen LogP contribution in [0.5, 0.6) is 5.75 Å². The highest BCUT2D eigenvalue weighted by Gasteiger charge is 2.18. The molecule has 0 spiro atoms. The van der Waals surface area contributed by atoms with Crippen LogP contribution in [-0.4, -0.2) is 24.4 Å². The molecule has 1 aliphatic heterocycles. The third-order valence-corrected chi connectivity index (χ3v) is 5.20. The molecule has 4 heteroatoms. The van der Waals surface area contributed by atoms with E-state index in [1.54, 1.807) is 37.6 Å². The van der Waals surface area contributed by atoms with Gasteiger partial charge in [-0.2, -0.15) is 0 Å². The van der Waals surface area contributed by atoms with E-state index in [0.29, 0.717) is 0 Å². The highest BCUT2D eigenvalue weighted by Crippen LogP contribution is 2.42. The highest BCUT2D eigenvalue weighted by molar-refractivity contribution is 8.25. The SMILES string of the molecule is COc1ccc(C(C(C)=O)=C2SCCS2)cc1. The Morgan fingerprint density at radius 1 is 1.18 bits per heavy atom. The van der Waals surface area contributed by atoms with Gasteiger partial charge in [0, 0.05) is 17.1 Å². The number of hydrogen-bond donors (Lipinski definition) is 0. The molecule has 0 unspecified atom stereocenters. The lowest BCUT2D eigenvalue weighted by Crippen LogP contribution is -1.97. The number of benzene rings is 1. The van der Waals surface area contributed by atoms with Gasteiger partial charge in [0.1, 0.15) is 5.75 Å². The van der Waals surface area contributed by atoms with Crippen molar-refractivity contribution in [2.75, 3.05) is 18.6 Å². The lowest BCUT2D eigenvalue weighted by molar-refractivity contribution is -0.111. The topological polar surface area (TPSA) is 26.3 Å². The molecule has 1 aromatic rings. The van der Waals surface area contributed by atoms with Crippen molar-refractivity contribution in [3.63, 3.8) is 0 Å². The Labute approximate surface area is 110 Å². The number of allylic oxidation sites excluding steroid dienone is 1. The van der Waals surface area contributed by atoms with Crippen molar-refractivity contribution in [2.45, 2.75) is 6.92 Å². The molecule has 0 radical (unpaired) electrons. The first-order chi connectivity index (χ1) is 8.22. The Kier molecular flexibility index (Phi) is 4.18. The van der Waals surface area contributed by atoms with Gasteiger partial charge in [0.25, 0.3) is 0 Å². The van der Waals surface area contributed by atoms with Crippen molar-refractivity contribution in [2.24, 2.45) is 0 Å². The lowest BCUT2D eigenvalue weighted by Gasteiger charge is -2.08. The van der Waals surface area contributed by atoms with Crippen LogP contribution in [0.2, 0.25) is 0 Å². The largest absolute Gasteiger partial charge is 0.497 e. The van der Waals surface area contributed by atoms with Crippen LogP contribution in [0.3, 0.4) is 0 Å². The van der Waals surface area contributed by atoms with E-state index in [4.69, 9.17) is 4.74 Å². The number of ether oxygens (including phenoxy) is 1. The molecule has 0 N–H and O–H groups in total. The number of carbonyl (C=O) groups excluding carboxylic acids is 1. The smallest absolute Gasteiger partial charge is 0.162 e. The van der Waals surface area contributed by atoms with Gasteiger partial charge in [-0.3, -0.25) is 4.79 Å². The zero-order valence-electron chi connectivity index (χ0n) is 9.86. The molecule has 17 heavy (non-hydrogen) atoms. The minimum Gasteiger partial charge on any atom is -0.497 e. The summed E-state index contributed by atoms with van der Waals surface area (Å²) in [6.07, 6.45) is 0. The average Bonchev–Trinajstić information content (AvgIpc) is 2.83. The molecule has 0 bridgehead atoms. The number of Topliss-reactive ketones (excluding diaryl/α,β-unsaturated/α-hetero) is 1. The van der Waals surface area contributed by atoms with Gasteiger partial charge in [-0.25, -0.2) is 0 Å². The zero-order valence-corrected chi connectivity index (χ0v) is 11.5. The summed E-state index contributed by atoms with van der Waals surface area (Å²) < 4.78 is 6.28. The average molecular weight is 266 g/mol. The molecule has 90 valence electrons. The fourth-order valence-electron chi connectivity index (χ4n) is 1.68. The third-order valence-electron chi connectivity index (χ3n) is 2.48. The number of rotatable bonds is 3. The van der Waals surface area contributed by atoms with E-state index in [1.807, 2.05) is 24.3 Å². The van der Waals surface area contributed by atoms with Crippen molar-refractivity contribution in [3.8, 4) is 5.75 Å². The predicted molar refractivity (Wildman–Crippen MR) is 75.5 cm³/mol. The summed E-state index contributed by atoms with van der Waals surface area (Å²) >= 11 is 3.55. The molecule has 1 saturated heterocycles. The van der Waals surface area contributed by atoms with E-state index in [1.165, 1.54) is 0 Å². The number of carbonyl (C=O) groups is 1. The Balaban J connectivity index is 2.39. The first kappa shape index (κ1) is 12.6. The van der Waals surface area contributed by atoms with Gasteiger partial charge in [0.05, 0.1) is 11.3 Å². The standard InChI is InChI=1S/C13H14O2S2/c1-9(14)12(13-16-7-8-17-13)10-3-5-11(15-2)6-4-10/h3-6H,7-8H2,1-2H3. The summed E-state index contributed by atoms with van der Waals surface area (Å²) in [5.41, 5.74) is 1.83. The van der Waals surface area contributed by atoms with Crippen LogP contribution in [0.15, 0.2) is 28.5 Å². The number of ketones is 1. The molecule has 2 nitrogen and oxygen atoms in total. The molecule has 1 aromatic carbocycles. The highest BCUT2D eigenvalue weighted by atomic mass is 32.2. The van der Waals surface area contributed by atoms with Crippen LogP contribution in [-0.2, 0) is 4.79 Å². The minimum atomic E-state index is 0.132. The lowest BCUT2D eigenvalue weighted by atomic mass is 10.0. The quantitative estimate of drug-likeness (QED) is 0.783. The van der Waals surface area contributed by atoms with Crippen LogP contribution in [0.25, 0.3) is 5.57 Å². The molecule has 0 aromatic heterocycles. The second-order valence-electron chi connectivity index (χ2n) is 3.64. The van der Waals surface area contributed by atoms with Crippen LogP contribution in [0.4, 0.5) is 0 Å². The van der Waals surface area contributed by atoms with Crippen LogP contribution < -0.4 is 4.74 Å². The van der Waals surface area contributed by atoms with E-state index < -0.39 is 0 Å². The normalized spacial score (nSPS) is 14.8. The summed E-state index contributed by atoms with van der Waals surface area (Å²) in [6, 6.07) is 7.68. The summed E-state index contributed by atoms with van der Waals surface area (Å²) in [7, 11) is 1.64. The van der Waals surface area contributed by atoms with Crippen molar-refractivity contribution in [1.29, 1.82) is 0 Å². The minimum absolute atomic E-state index is 0.132. The molecule has 1 aliphatic rings. The van der Waals surface area contributed by atoms with E-state index in [2.05, 4.69) is 0 Å². The van der Waals surface area contributed by atoms with Crippen LogP contribution in [0.1, 0.15) is 12.5 Å². The molecular formula is C13H14O2S2. The van der Waals surface area contributed by atoms with Crippen molar-refractivity contribution in [1.82, 2.24) is 0 Å². The van der Waals surface area contributed by atoms with Gasteiger partial charge in [-0.05, 0) is 24.6 Å². The maximum absolute atomic E-state index is 11.8. The Morgan fingerprint density at radius 2 is 1.76 bits per heavy atom. The zero-order chi connectivity index (χ0) is 12.3.